The number of hydrogen-bond acceptors (Lipinski definition) is 15. The molecule has 57 heavy (non-hydrogen) atoms. The van der Waals surface area contributed by atoms with Gasteiger partial charge in [0, 0.05) is 50.5 Å². The second-order valence-electron chi connectivity index (χ2n) is 17.1. The number of alkyl carbamates (subject to hydrolysis) is 1. The molecule has 1 unspecified atom stereocenters. The summed E-state index contributed by atoms with van der Waals surface area (Å²) >= 11 is 0. The van der Waals surface area contributed by atoms with Crippen LogP contribution in [0.3, 0.4) is 0 Å². The normalized spacial score (nSPS) is 46.1. The van der Waals surface area contributed by atoms with Gasteiger partial charge in [0.2, 0.25) is 0 Å². The lowest BCUT2D eigenvalue weighted by atomic mass is 9.73. The molecule has 0 aliphatic carbocycles. The highest BCUT2D eigenvalue weighted by Crippen LogP contribution is 2.43. The molecular weight excluding hydrogens is 744 g/mol. The average molecular weight is 813 g/mol. The van der Waals surface area contributed by atoms with Crippen LogP contribution >= 0.6 is 0 Å². The van der Waals surface area contributed by atoms with Crippen molar-refractivity contribution in [1.82, 2.24) is 10.6 Å². The molecule has 16 nitrogen and oxygen atoms in total. The largest absolute Gasteiger partial charge is 0.458 e. The number of amides is 1. The number of fused-ring (bicyclic) bond motifs is 1. The maximum atomic E-state index is 14.5. The van der Waals surface area contributed by atoms with Crippen LogP contribution in [0.4, 0.5) is 4.79 Å². The zero-order chi connectivity index (χ0) is 42.8. The molecule has 0 saturated carbocycles. The SMILES string of the molecule is C=CC(=O)OC1[C@H](C)O[C@@H](O[C@H]2[C@H](C)[C@@H](O[C@@H]3O[C@H](C)C[C@H](NC)[C@H]3O)[C@](C)(OC)C[C@@H](C)C(=O)[C@H](C)[C@H]3NC(=O)O[C@]3(C)[C@@H](CC)OC(=O)[C@@H]2C)C[C@@]1(C)OC. The van der Waals surface area contributed by atoms with Crippen LogP contribution in [0, 0.1) is 23.7 Å². The van der Waals surface area contributed by atoms with Gasteiger partial charge in [-0.3, -0.25) is 9.59 Å². The van der Waals surface area contributed by atoms with Crippen LogP contribution < -0.4 is 10.6 Å². The summed E-state index contributed by atoms with van der Waals surface area (Å²) in [4.78, 5) is 54.1. The van der Waals surface area contributed by atoms with Gasteiger partial charge in [-0.2, -0.15) is 0 Å². The molecule has 4 rings (SSSR count). The number of nitrogens with one attached hydrogen (secondary N) is 2. The number of carbonyl (C=O) groups excluding carboxylic acids is 4. The fourth-order valence-corrected chi connectivity index (χ4v) is 9.52. The number of aliphatic hydroxyl groups is 1. The molecule has 18 atom stereocenters. The van der Waals surface area contributed by atoms with Crippen LogP contribution in [-0.4, -0.2) is 134 Å². The molecule has 0 aromatic heterocycles. The lowest BCUT2D eigenvalue weighted by Gasteiger charge is -2.49. The van der Waals surface area contributed by atoms with E-state index in [0.717, 1.165) is 6.08 Å². The number of likely N-dealkylation sites (N-methyl/N-ethyl adjacent to an activating group) is 1. The van der Waals surface area contributed by atoms with E-state index in [1.165, 1.54) is 14.2 Å². The molecule has 4 saturated heterocycles. The number of aliphatic hydroxyl groups excluding tert-OH is 1. The fourth-order valence-electron chi connectivity index (χ4n) is 9.52. The van der Waals surface area contributed by atoms with E-state index >= 15 is 0 Å². The van der Waals surface area contributed by atoms with Gasteiger partial charge in [0.05, 0.1) is 42.0 Å². The van der Waals surface area contributed by atoms with Gasteiger partial charge in [0.25, 0.3) is 0 Å². The topological polar surface area (TPSA) is 196 Å². The summed E-state index contributed by atoms with van der Waals surface area (Å²) in [6.07, 6.45) is -6.55. The Morgan fingerprint density at radius 2 is 1.60 bits per heavy atom. The molecule has 16 heteroatoms. The van der Waals surface area contributed by atoms with Crippen LogP contribution in [0.25, 0.3) is 0 Å². The van der Waals surface area contributed by atoms with Crippen molar-refractivity contribution in [3.8, 4) is 0 Å². The second-order valence-corrected chi connectivity index (χ2v) is 17.1. The van der Waals surface area contributed by atoms with Crippen molar-refractivity contribution in [3.05, 3.63) is 12.7 Å². The second kappa shape index (κ2) is 18.7. The van der Waals surface area contributed by atoms with E-state index in [1.807, 2.05) is 27.7 Å². The molecule has 3 N–H and O–H groups in total. The first kappa shape index (κ1) is 47.0. The summed E-state index contributed by atoms with van der Waals surface area (Å²) in [5, 5.41) is 17.5. The Bertz CT molecular complexity index is 1450. The van der Waals surface area contributed by atoms with Gasteiger partial charge in [-0.15, -0.1) is 0 Å². The molecule has 4 heterocycles. The van der Waals surface area contributed by atoms with Gasteiger partial charge < -0.3 is 58.4 Å². The number of ketones is 1. The number of cyclic esters (lactones) is 1. The molecule has 1 amide bonds. The Balaban J connectivity index is 1.86. The van der Waals surface area contributed by atoms with Crippen molar-refractivity contribution in [2.45, 2.75) is 179 Å². The van der Waals surface area contributed by atoms with E-state index in [0.29, 0.717) is 6.42 Å². The molecule has 4 fully saturated rings. The molecule has 0 aromatic carbocycles. The Morgan fingerprint density at radius 1 is 0.965 bits per heavy atom. The van der Waals surface area contributed by atoms with E-state index < -0.39 is 114 Å². The first-order chi connectivity index (χ1) is 26.6. The molecule has 0 bridgehead atoms. The van der Waals surface area contributed by atoms with Crippen molar-refractivity contribution in [1.29, 1.82) is 0 Å². The highest BCUT2D eigenvalue weighted by atomic mass is 16.7. The van der Waals surface area contributed by atoms with Gasteiger partial charge >= 0.3 is 18.0 Å². The number of rotatable bonds is 10. The van der Waals surface area contributed by atoms with Crippen molar-refractivity contribution in [3.63, 3.8) is 0 Å². The zero-order valence-electron chi connectivity index (χ0n) is 36.0. The van der Waals surface area contributed by atoms with E-state index in [-0.39, 0.29) is 37.2 Å². The zero-order valence-corrected chi connectivity index (χ0v) is 36.0. The summed E-state index contributed by atoms with van der Waals surface area (Å²) in [7, 11) is 4.78. The van der Waals surface area contributed by atoms with Gasteiger partial charge in [-0.25, -0.2) is 9.59 Å². The van der Waals surface area contributed by atoms with Crippen LogP contribution in [0.15, 0.2) is 12.7 Å². The van der Waals surface area contributed by atoms with Crippen LogP contribution in [0.5, 0.6) is 0 Å². The Kier molecular flexibility index (Phi) is 15.4. The lowest BCUT2D eigenvalue weighted by Crippen LogP contribution is -2.62. The minimum Gasteiger partial charge on any atom is -0.458 e. The molecule has 0 aromatic rings. The van der Waals surface area contributed by atoms with Crippen LogP contribution in [-0.2, 0) is 57.0 Å². The maximum Gasteiger partial charge on any atom is 0.408 e. The molecular formula is C41H68N2O14. The standard InChI is InChI=1S/C41H68N2O14/c1-15-27-41(11)33(43-38(48)57-41)22(5)30(45)20(3)18-39(9,49-13)34(56-37-31(46)26(42-12)17-21(4)51-37)23(6)32(24(7)36(47)53-27)55-29-19-40(10,50-14)35(25(8)52-29)54-28(44)16-2/h16,20-27,29,31-35,37,42,46H,2,15,17-19H2,1,3-14H3,(H,43,48)/t20-,21-,22+,23+,24-,25+,26+,27-,29+,31-,32+,33-,34-,35?,37+,39-,40-,41-/m1/s1. The Labute approximate surface area is 337 Å². The molecule has 4 aliphatic rings. The minimum absolute atomic E-state index is 0.0924. The van der Waals surface area contributed by atoms with Gasteiger partial charge in [0.15, 0.2) is 24.3 Å². The number of methoxy groups -OCH3 is 2. The Hall–Kier alpha value is -2.70. The van der Waals surface area contributed by atoms with Crippen molar-refractivity contribution < 1.29 is 66.9 Å². The number of Topliss-reactive ketones (excluding diaryl/α,β-unsaturated/α-hetero) is 1. The summed E-state index contributed by atoms with van der Waals surface area (Å²) < 4.78 is 56.3. The quantitative estimate of drug-likeness (QED) is 0.164. The van der Waals surface area contributed by atoms with Crippen LogP contribution in [0.1, 0.15) is 94.9 Å². The third-order valence-corrected chi connectivity index (χ3v) is 13.0. The average Bonchev–Trinajstić information content (AvgIpc) is 3.49. The predicted molar refractivity (Wildman–Crippen MR) is 206 cm³/mol. The van der Waals surface area contributed by atoms with Crippen molar-refractivity contribution in [2.75, 3.05) is 21.3 Å². The summed E-state index contributed by atoms with van der Waals surface area (Å²) in [6.45, 7) is 21.3. The lowest BCUT2D eigenvalue weighted by molar-refractivity contribution is -0.317. The van der Waals surface area contributed by atoms with E-state index in [9.17, 15) is 24.3 Å². The van der Waals surface area contributed by atoms with E-state index in [2.05, 4.69) is 17.2 Å². The Morgan fingerprint density at radius 3 is 2.18 bits per heavy atom. The van der Waals surface area contributed by atoms with Gasteiger partial charge in [-0.1, -0.05) is 34.3 Å². The molecule has 4 aliphatic heterocycles. The van der Waals surface area contributed by atoms with Gasteiger partial charge in [0.1, 0.15) is 23.6 Å². The van der Waals surface area contributed by atoms with Crippen LogP contribution in [0.2, 0.25) is 0 Å². The van der Waals surface area contributed by atoms with E-state index in [1.54, 1.807) is 48.6 Å². The van der Waals surface area contributed by atoms with Crippen molar-refractivity contribution in [2.24, 2.45) is 23.7 Å². The number of ether oxygens (including phenoxy) is 9. The molecule has 0 radical (unpaired) electrons. The number of esters is 2. The third-order valence-electron chi connectivity index (χ3n) is 13.0. The maximum absolute atomic E-state index is 14.5. The predicted octanol–water partition coefficient (Wildman–Crippen LogP) is 3.59. The van der Waals surface area contributed by atoms with E-state index in [4.69, 9.17) is 42.6 Å². The number of carbonyl (C=O) groups is 4. The third kappa shape index (κ3) is 9.69. The molecule has 0 spiro atoms. The monoisotopic (exact) mass is 812 g/mol. The minimum atomic E-state index is -1.38. The summed E-state index contributed by atoms with van der Waals surface area (Å²) in [6, 6.07) is -1.17. The smallest absolute Gasteiger partial charge is 0.408 e. The molecule has 326 valence electrons. The first-order valence-electron chi connectivity index (χ1n) is 20.3. The fraction of sp³-hybridized carbons (Fsp3) is 0.854. The highest BCUT2D eigenvalue weighted by molar-refractivity contribution is 5.85. The summed E-state index contributed by atoms with van der Waals surface area (Å²) in [5.41, 5.74) is -3.71. The summed E-state index contributed by atoms with van der Waals surface area (Å²) in [5.74, 6) is -4.57. The van der Waals surface area contributed by atoms with Crippen molar-refractivity contribution >= 4 is 23.8 Å². The highest BCUT2D eigenvalue weighted by Gasteiger charge is 2.58. The number of hydrogen-bond donors (Lipinski definition) is 3. The first-order valence-corrected chi connectivity index (χ1v) is 20.3. The van der Waals surface area contributed by atoms with Gasteiger partial charge in [-0.05, 0) is 67.9 Å².